The Hall–Kier alpha value is -2.83. The van der Waals surface area contributed by atoms with Crippen molar-refractivity contribution in [2.45, 2.75) is 40.2 Å². The van der Waals surface area contributed by atoms with Gasteiger partial charge in [0.25, 0.3) is 0 Å². The molecule has 0 aliphatic rings. The van der Waals surface area contributed by atoms with E-state index in [9.17, 15) is 4.79 Å². The Morgan fingerprint density at radius 1 is 1.12 bits per heavy atom. The van der Waals surface area contributed by atoms with Crippen LogP contribution in [0.1, 0.15) is 37.8 Å². The minimum atomic E-state index is -0.129. The highest BCUT2D eigenvalue weighted by Gasteiger charge is 2.13. The number of amides is 1. The third-order valence-electron chi connectivity index (χ3n) is 3.82. The second-order valence-corrected chi connectivity index (χ2v) is 5.70. The molecule has 1 aromatic heterocycles. The largest absolute Gasteiger partial charge is 0.361 e. The summed E-state index contributed by atoms with van der Waals surface area (Å²) in [6.45, 7) is 7.36. The topological polar surface area (TPSA) is 91.6 Å². The number of carbonyl (C=O) groups excluding carboxylic acids is 1. The smallest absolute Gasteiger partial charge is 0.243 e. The fourth-order valence-corrected chi connectivity index (χ4v) is 2.51. The average molecular weight is 357 g/mol. The number of nitrogens with one attached hydrogen (secondary N) is 3. The summed E-state index contributed by atoms with van der Waals surface area (Å²) in [5.41, 5.74) is 2.73. The minimum absolute atomic E-state index is 0.129. The van der Waals surface area contributed by atoms with E-state index in [0.29, 0.717) is 19.0 Å². The number of benzene rings is 1. The molecule has 0 radical (unpaired) electrons. The second-order valence-electron chi connectivity index (χ2n) is 5.70. The molecular formula is C19H27N5O2. The lowest BCUT2D eigenvalue weighted by molar-refractivity contribution is -0.115. The third kappa shape index (κ3) is 5.61. The zero-order chi connectivity index (χ0) is 18.8. The van der Waals surface area contributed by atoms with E-state index in [0.717, 1.165) is 35.5 Å². The lowest BCUT2D eigenvalue weighted by Crippen LogP contribution is -2.41. The summed E-state index contributed by atoms with van der Waals surface area (Å²) in [5, 5.41) is 13.1. The van der Waals surface area contributed by atoms with Crippen LogP contribution in [0.3, 0.4) is 0 Å². The van der Waals surface area contributed by atoms with Gasteiger partial charge in [0.15, 0.2) is 5.96 Å². The van der Waals surface area contributed by atoms with E-state index in [2.05, 4.69) is 26.1 Å². The van der Waals surface area contributed by atoms with Crippen LogP contribution >= 0.6 is 0 Å². The first kappa shape index (κ1) is 19.5. The van der Waals surface area contributed by atoms with Crippen LogP contribution in [0, 0.1) is 0 Å². The molecule has 2 rings (SSSR count). The van der Waals surface area contributed by atoms with Crippen molar-refractivity contribution in [1.82, 2.24) is 15.8 Å². The number of carbonyl (C=O) groups is 1. The number of aliphatic imine (C=N–C) groups is 1. The molecular weight excluding hydrogens is 330 g/mol. The summed E-state index contributed by atoms with van der Waals surface area (Å²) in [7, 11) is 0. The molecule has 2 aromatic rings. The van der Waals surface area contributed by atoms with Crippen molar-refractivity contribution in [3.05, 3.63) is 47.3 Å². The van der Waals surface area contributed by atoms with Crippen molar-refractivity contribution in [2.75, 3.05) is 18.4 Å². The molecule has 0 aliphatic carbocycles. The standard InChI is InChI=1S/C19H27N5O2/c1-4-16-15(17(5-2)26-24-16)12-21-19(20-6-3)22-13-18(25)23-14-10-8-7-9-11-14/h7-11H,4-6,12-13H2,1-3H3,(H,23,25)(H2,20,21,22). The van der Waals surface area contributed by atoms with E-state index in [4.69, 9.17) is 4.52 Å². The number of hydrogen-bond acceptors (Lipinski definition) is 4. The Kier molecular flexibility index (Phi) is 7.67. The first-order chi connectivity index (χ1) is 12.7. The van der Waals surface area contributed by atoms with Crippen LogP contribution in [0.5, 0.6) is 0 Å². The molecule has 0 unspecified atom stereocenters. The number of guanidine groups is 1. The molecule has 7 heteroatoms. The van der Waals surface area contributed by atoms with Gasteiger partial charge in [-0.05, 0) is 25.5 Å². The van der Waals surface area contributed by atoms with E-state index in [1.807, 2.05) is 51.1 Å². The zero-order valence-electron chi connectivity index (χ0n) is 15.6. The van der Waals surface area contributed by atoms with E-state index >= 15 is 0 Å². The van der Waals surface area contributed by atoms with Crippen molar-refractivity contribution in [3.8, 4) is 0 Å². The molecule has 0 atom stereocenters. The van der Waals surface area contributed by atoms with Crippen molar-refractivity contribution in [1.29, 1.82) is 0 Å². The van der Waals surface area contributed by atoms with Gasteiger partial charge in [0.2, 0.25) is 5.91 Å². The third-order valence-corrected chi connectivity index (χ3v) is 3.82. The molecule has 0 aliphatic heterocycles. The van der Waals surface area contributed by atoms with Crippen LogP contribution in [0.15, 0.2) is 39.8 Å². The van der Waals surface area contributed by atoms with E-state index in [-0.39, 0.29) is 12.5 Å². The molecule has 140 valence electrons. The van der Waals surface area contributed by atoms with Gasteiger partial charge in [-0.2, -0.15) is 0 Å². The van der Waals surface area contributed by atoms with Crippen LogP contribution in [-0.4, -0.2) is 30.1 Å². The summed E-state index contributed by atoms with van der Waals surface area (Å²) < 4.78 is 5.37. The van der Waals surface area contributed by atoms with Crippen molar-refractivity contribution >= 4 is 17.6 Å². The van der Waals surface area contributed by atoms with Crippen LogP contribution in [0.25, 0.3) is 0 Å². The maximum Gasteiger partial charge on any atom is 0.243 e. The molecule has 0 saturated heterocycles. The Balaban J connectivity index is 1.96. The number of aromatic nitrogens is 1. The maximum absolute atomic E-state index is 12.1. The summed E-state index contributed by atoms with van der Waals surface area (Å²) in [6.07, 6.45) is 1.58. The molecule has 1 heterocycles. The Morgan fingerprint density at radius 2 is 1.88 bits per heavy atom. The first-order valence-electron chi connectivity index (χ1n) is 9.01. The van der Waals surface area contributed by atoms with Crippen molar-refractivity contribution < 1.29 is 9.32 Å². The summed E-state index contributed by atoms with van der Waals surface area (Å²) in [4.78, 5) is 16.6. The zero-order valence-corrected chi connectivity index (χ0v) is 15.6. The summed E-state index contributed by atoms with van der Waals surface area (Å²) in [5.74, 6) is 1.32. The number of para-hydroxylation sites is 1. The van der Waals surface area contributed by atoms with Crippen LogP contribution in [0.4, 0.5) is 5.69 Å². The predicted molar refractivity (Wildman–Crippen MR) is 103 cm³/mol. The highest BCUT2D eigenvalue weighted by Crippen LogP contribution is 2.16. The molecule has 0 bridgehead atoms. The molecule has 3 N–H and O–H groups in total. The molecule has 26 heavy (non-hydrogen) atoms. The number of nitrogens with zero attached hydrogens (tertiary/aromatic N) is 2. The second kappa shape index (κ2) is 10.2. The SMILES string of the molecule is CCNC(=NCc1c(CC)noc1CC)NCC(=O)Nc1ccccc1. The fourth-order valence-electron chi connectivity index (χ4n) is 2.51. The van der Waals surface area contributed by atoms with Gasteiger partial charge in [-0.3, -0.25) is 4.79 Å². The quantitative estimate of drug-likeness (QED) is 0.499. The van der Waals surface area contributed by atoms with E-state index in [1.54, 1.807) is 0 Å². The average Bonchev–Trinajstić information content (AvgIpc) is 3.06. The van der Waals surface area contributed by atoms with Gasteiger partial charge < -0.3 is 20.5 Å². The van der Waals surface area contributed by atoms with Crippen LogP contribution in [-0.2, 0) is 24.2 Å². The Morgan fingerprint density at radius 3 is 2.54 bits per heavy atom. The lowest BCUT2D eigenvalue weighted by atomic mass is 10.1. The molecule has 0 saturated carbocycles. The fraction of sp³-hybridized carbons (Fsp3) is 0.421. The Bertz CT molecular complexity index is 703. The number of rotatable bonds is 8. The van der Waals surface area contributed by atoms with Gasteiger partial charge in [0, 0.05) is 24.2 Å². The number of hydrogen-bond donors (Lipinski definition) is 3. The predicted octanol–water partition coefficient (Wildman–Crippen LogP) is 2.49. The minimum Gasteiger partial charge on any atom is -0.361 e. The normalized spacial score (nSPS) is 11.3. The summed E-state index contributed by atoms with van der Waals surface area (Å²) in [6, 6.07) is 9.36. The van der Waals surface area contributed by atoms with Gasteiger partial charge >= 0.3 is 0 Å². The number of aryl methyl sites for hydroxylation is 2. The lowest BCUT2D eigenvalue weighted by Gasteiger charge is -2.11. The van der Waals surface area contributed by atoms with Crippen LogP contribution < -0.4 is 16.0 Å². The maximum atomic E-state index is 12.1. The monoisotopic (exact) mass is 357 g/mol. The first-order valence-corrected chi connectivity index (χ1v) is 9.01. The van der Waals surface area contributed by atoms with Crippen LogP contribution in [0.2, 0.25) is 0 Å². The highest BCUT2D eigenvalue weighted by atomic mass is 16.5. The van der Waals surface area contributed by atoms with Gasteiger partial charge in [0.1, 0.15) is 5.76 Å². The van der Waals surface area contributed by atoms with E-state index in [1.165, 1.54) is 0 Å². The van der Waals surface area contributed by atoms with Gasteiger partial charge in [-0.1, -0.05) is 37.2 Å². The van der Waals surface area contributed by atoms with Gasteiger partial charge in [-0.25, -0.2) is 4.99 Å². The molecule has 1 amide bonds. The van der Waals surface area contributed by atoms with Crippen molar-refractivity contribution in [3.63, 3.8) is 0 Å². The van der Waals surface area contributed by atoms with Crippen molar-refractivity contribution in [2.24, 2.45) is 4.99 Å². The van der Waals surface area contributed by atoms with Gasteiger partial charge in [0.05, 0.1) is 18.8 Å². The number of anilines is 1. The summed E-state index contributed by atoms with van der Waals surface area (Å²) >= 11 is 0. The molecule has 1 aromatic carbocycles. The van der Waals surface area contributed by atoms with Gasteiger partial charge in [-0.15, -0.1) is 0 Å². The molecule has 7 nitrogen and oxygen atoms in total. The molecule has 0 fully saturated rings. The highest BCUT2D eigenvalue weighted by molar-refractivity contribution is 5.94. The Labute approximate surface area is 154 Å². The molecule has 0 spiro atoms. The van der Waals surface area contributed by atoms with E-state index < -0.39 is 0 Å².